The van der Waals surface area contributed by atoms with Crippen molar-refractivity contribution in [3.05, 3.63) is 34.9 Å². The smallest absolute Gasteiger partial charge is 0.128 e. The van der Waals surface area contributed by atoms with Gasteiger partial charge in [0.2, 0.25) is 0 Å². The lowest BCUT2D eigenvalue weighted by molar-refractivity contribution is 0.239. The number of nitrogens with zero attached hydrogens (tertiary/aromatic N) is 1. The standard InChI is InChI=1S/C14H18F2N2/c15-13-5-6-14(16)12(11(13)7-17)8-18-9-1-2-10(18)4-3-9/h5-6,9-10H,1-4,7-8,17H2. The van der Waals surface area contributed by atoms with Crippen LogP contribution in [0.5, 0.6) is 0 Å². The molecule has 2 aliphatic rings. The van der Waals surface area contributed by atoms with Gasteiger partial charge in [-0.25, -0.2) is 8.78 Å². The second kappa shape index (κ2) is 4.59. The molecular weight excluding hydrogens is 234 g/mol. The summed E-state index contributed by atoms with van der Waals surface area (Å²) in [6.45, 7) is 0.563. The highest BCUT2D eigenvalue weighted by Gasteiger charge is 2.39. The largest absolute Gasteiger partial charge is 0.326 e. The van der Waals surface area contributed by atoms with E-state index in [1.54, 1.807) is 0 Å². The van der Waals surface area contributed by atoms with Crippen molar-refractivity contribution >= 4 is 0 Å². The number of benzene rings is 1. The van der Waals surface area contributed by atoms with E-state index in [1.165, 1.54) is 37.8 Å². The van der Waals surface area contributed by atoms with Crippen LogP contribution in [-0.2, 0) is 13.1 Å². The molecule has 0 spiro atoms. The Hall–Kier alpha value is -1.00. The number of halogens is 2. The van der Waals surface area contributed by atoms with E-state index >= 15 is 0 Å². The molecule has 0 atom stereocenters. The van der Waals surface area contributed by atoms with Crippen molar-refractivity contribution in [1.82, 2.24) is 4.90 Å². The number of fused-ring (bicyclic) bond motifs is 2. The van der Waals surface area contributed by atoms with Gasteiger partial charge in [0.25, 0.3) is 0 Å². The van der Waals surface area contributed by atoms with E-state index in [0.717, 1.165) is 0 Å². The van der Waals surface area contributed by atoms with Gasteiger partial charge >= 0.3 is 0 Å². The Morgan fingerprint density at radius 2 is 1.50 bits per heavy atom. The molecule has 2 nitrogen and oxygen atoms in total. The van der Waals surface area contributed by atoms with Crippen molar-refractivity contribution in [3.8, 4) is 0 Å². The maximum absolute atomic E-state index is 13.9. The molecule has 18 heavy (non-hydrogen) atoms. The van der Waals surface area contributed by atoms with Gasteiger partial charge in [-0.2, -0.15) is 0 Å². The van der Waals surface area contributed by atoms with Gasteiger partial charge in [-0.05, 0) is 37.8 Å². The summed E-state index contributed by atoms with van der Waals surface area (Å²) in [5.74, 6) is -0.719. The molecule has 0 aliphatic carbocycles. The normalized spacial score (nSPS) is 27.1. The Bertz CT molecular complexity index is 441. The van der Waals surface area contributed by atoms with Crippen LogP contribution < -0.4 is 5.73 Å². The lowest BCUT2D eigenvalue weighted by atomic mass is 10.0. The molecule has 2 fully saturated rings. The van der Waals surface area contributed by atoms with Crippen LogP contribution >= 0.6 is 0 Å². The van der Waals surface area contributed by atoms with E-state index in [0.29, 0.717) is 29.8 Å². The maximum atomic E-state index is 13.9. The summed E-state index contributed by atoms with van der Waals surface area (Å²) in [5, 5.41) is 0. The van der Waals surface area contributed by atoms with Crippen LogP contribution in [0.4, 0.5) is 8.78 Å². The molecule has 3 rings (SSSR count). The topological polar surface area (TPSA) is 29.3 Å². The number of hydrogen-bond acceptors (Lipinski definition) is 2. The molecule has 2 bridgehead atoms. The van der Waals surface area contributed by atoms with Gasteiger partial charge in [0.1, 0.15) is 11.6 Å². The lowest BCUT2D eigenvalue weighted by Crippen LogP contribution is -2.29. The molecule has 0 saturated carbocycles. The Labute approximate surface area is 106 Å². The molecule has 0 radical (unpaired) electrons. The maximum Gasteiger partial charge on any atom is 0.128 e. The average molecular weight is 252 g/mol. The van der Waals surface area contributed by atoms with E-state index in [9.17, 15) is 8.78 Å². The van der Waals surface area contributed by atoms with Crippen LogP contribution in [0.25, 0.3) is 0 Å². The zero-order valence-electron chi connectivity index (χ0n) is 10.3. The molecule has 1 aromatic rings. The highest BCUT2D eigenvalue weighted by Crippen LogP contribution is 2.39. The SMILES string of the molecule is NCc1c(F)ccc(F)c1CN1C2CCC1CC2. The molecule has 98 valence electrons. The van der Waals surface area contributed by atoms with Gasteiger partial charge in [0.15, 0.2) is 0 Å². The molecule has 4 heteroatoms. The van der Waals surface area contributed by atoms with Gasteiger partial charge in [-0.15, -0.1) is 0 Å². The molecule has 1 aromatic carbocycles. The number of hydrogen-bond donors (Lipinski definition) is 1. The van der Waals surface area contributed by atoms with E-state index in [-0.39, 0.29) is 18.2 Å². The third-order valence-corrected chi connectivity index (χ3v) is 4.47. The van der Waals surface area contributed by atoms with Crippen molar-refractivity contribution in [2.24, 2.45) is 5.73 Å². The van der Waals surface area contributed by atoms with Crippen molar-refractivity contribution < 1.29 is 8.78 Å². The third kappa shape index (κ3) is 1.84. The Kier molecular flexibility index (Phi) is 3.08. The monoisotopic (exact) mass is 252 g/mol. The average Bonchev–Trinajstić information content (AvgIpc) is 2.94. The van der Waals surface area contributed by atoms with Crippen molar-refractivity contribution in [2.75, 3.05) is 0 Å². The fourth-order valence-corrected chi connectivity index (χ4v) is 3.49. The quantitative estimate of drug-likeness (QED) is 0.895. The fraction of sp³-hybridized carbons (Fsp3) is 0.571. The first-order chi connectivity index (χ1) is 8.70. The summed E-state index contributed by atoms with van der Waals surface area (Å²) in [4.78, 5) is 2.33. The minimum Gasteiger partial charge on any atom is -0.326 e. The summed E-state index contributed by atoms with van der Waals surface area (Å²) >= 11 is 0. The van der Waals surface area contributed by atoms with Crippen LogP contribution in [0.2, 0.25) is 0 Å². The van der Waals surface area contributed by atoms with Gasteiger partial charge in [0.05, 0.1) is 0 Å². The molecule has 2 aliphatic heterocycles. The van der Waals surface area contributed by atoms with Gasteiger partial charge in [0, 0.05) is 36.3 Å². The second-order valence-electron chi connectivity index (χ2n) is 5.33. The highest BCUT2D eigenvalue weighted by molar-refractivity contribution is 5.30. The molecular formula is C14H18F2N2. The van der Waals surface area contributed by atoms with Gasteiger partial charge in [-0.1, -0.05) is 0 Å². The van der Waals surface area contributed by atoms with E-state index in [4.69, 9.17) is 5.73 Å². The predicted octanol–water partition coefficient (Wildman–Crippen LogP) is 2.55. The molecule has 0 aromatic heterocycles. The fourth-order valence-electron chi connectivity index (χ4n) is 3.49. The van der Waals surface area contributed by atoms with Crippen LogP contribution in [0, 0.1) is 11.6 Å². The summed E-state index contributed by atoms with van der Waals surface area (Å²) in [6, 6.07) is 3.49. The zero-order chi connectivity index (χ0) is 12.7. The van der Waals surface area contributed by atoms with Crippen LogP contribution in [-0.4, -0.2) is 17.0 Å². The molecule has 2 N–H and O–H groups in total. The minimum absolute atomic E-state index is 0.0576. The first kappa shape index (κ1) is 12.1. The Morgan fingerprint density at radius 1 is 1.00 bits per heavy atom. The minimum atomic E-state index is -0.388. The highest BCUT2D eigenvalue weighted by atomic mass is 19.1. The summed E-state index contributed by atoms with van der Waals surface area (Å²) in [7, 11) is 0. The predicted molar refractivity (Wildman–Crippen MR) is 65.8 cm³/mol. The van der Waals surface area contributed by atoms with E-state index in [2.05, 4.69) is 4.90 Å². The van der Waals surface area contributed by atoms with Crippen molar-refractivity contribution in [3.63, 3.8) is 0 Å². The Morgan fingerprint density at radius 3 is 2.00 bits per heavy atom. The summed E-state index contributed by atoms with van der Waals surface area (Å²) in [6.07, 6.45) is 4.78. The van der Waals surface area contributed by atoms with E-state index in [1.807, 2.05) is 0 Å². The number of nitrogens with two attached hydrogens (primary N) is 1. The summed E-state index contributed by atoms with van der Waals surface area (Å²) < 4.78 is 27.5. The zero-order valence-corrected chi connectivity index (χ0v) is 10.3. The van der Waals surface area contributed by atoms with Crippen molar-refractivity contribution in [2.45, 2.75) is 50.9 Å². The number of rotatable bonds is 3. The summed E-state index contributed by atoms with van der Waals surface area (Å²) in [5.41, 5.74) is 6.34. The van der Waals surface area contributed by atoms with Crippen LogP contribution in [0.15, 0.2) is 12.1 Å². The second-order valence-corrected chi connectivity index (χ2v) is 5.33. The first-order valence-corrected chi connectivity index (χ1v) is 6.62. The van der Waals surface area contributed by atoms with Crippen LogP contribution in [0.1, 0.15) is 36.8 Å². The van der Waals surface area contributed by atoms with Gasteiger partial charge < -0.3 is 5.73 Å². The molecule has 0 unspecified atom stereocenters. The van der Waals surface area contributed by atoms with E-state index < -0.39 is 0 Å². The lowest BCUT2D eigenvalue weighted by Gasteiger charge is -2.23. The van der Waals surface area contributed by atoms with Gasteiger partial charge in [-0.3, -0.25) is 4.90 Å². The third-order valence-electron chi connectivity index (χ3n) is 4.47. The van der Waals surface area contributed by atoms with Crippen molar-refractivity contribution in [1.29, 1.82) is 0 Å². The first-order valence-electron chi connectivity index (χ1n) is 6.62. The molecule has 2 heterocycles. The van der Waals surface area contributed by atoms with Crippen LogP contribution in [0.3, 0.4) is 0 Å². The molecule has 2 saturated heterocycles. The molecule has 0 amide bonds. The Balaban J connectivity index is 1.90.